The Morgan fingerprint density at radius 1 is 0.828 bits per heavy atom. The molecule has 0 bridgehead atoms. The van der Waals surface area contributed by atoms with Gasteiger partial charge in [-0.15, -0.1) is 0 Å². The lowest BCUT2D eigenvalue weighted by molar-refractivity contribution is 0.174. The molecule has 144 valence electrons. The van der Waals surface area contributed by atoms with Crippen LogP contribution in [-0.4, -0.2) is 20.9 Å². The van der Waals surface area contributed by atoms with Crippen molar-refractivity contribution in [2.45, 2.75) is 13.1 Å². The normalized spacial score (nSPS) is 12.4. The highest BCUT2D eigenvalue weighted by Gasteiger charge is 2.17. The van der Waals surface area contributed by atoms with Gasteiger partial charge in [-0.05, 0) is 35.4 Å². The van der Waals surface area contributed by atoms with E-state index in [2.05, 4.69) is 4.98 Å². The summed E-state index contributed by atoms with van der Waals surface area (Å²) in [5.41, 5.74) is 1.74. The van der Waals surface area contributed by atoms with E-state index in [1.807, 2.05) is 36.4 Å². The molecule has 0 amide bonds. The summed E-state index contributed by atoms with van der Waals surface area (Å²) in [6.07, 6.45) is 1.56. The summed E-state index contributed by atoms with van der Waals surface area (Å²) in [7, 11) is 0. The highest BCUT2D eigenvalue weighted by atomic mass is 16.7. The van der Waals surface area contributed by atoms with E-state index in [4.69, 9.17) is 9.47 Å². The van der Waals surface area contributed by atoms with Gasteiger partial charge in [0.15, 0.2) is 17.0 Å². The van der Waals surface area contributed by atoms with Gasteiger partial charge in [0.1, 0.15) is 0 Å². The van der Waals surface area contributed by atoms with Crippen molar-refractivity contribution in [3.05, 3.63) is 98.8 Å². The number of fused-ring (bicyclic) bond motifs is 2. The van der Waals surface area contributed by atoms with Crippen LogP contribution in [0.1, 0.15) is 11.1 Å². The maximum absolute atomic E-state index is 13.3. The van der Waals surface area contributed by atoms with Crippen LogP contribution in [0.25, 0.3) is 11.0 Å². The molecule has 7 heteroatoms. The number of nitrogens with zero attached hydrogens (tertiary/aromatic N) is 3. The molecule has 0 fully saturated rings. The molecular weight excluding hydrogens is 370 g/mol. The predicted molar refractivity (Wildman–Crippen MR) is 107 cm³/mol. The molecule has 2 aromatic heterocycles. The molecule has 1 aliphatic rings. The fraction of sp³-hybridized carbons (Fsp3) is 0.136. The van der Waals surface area contributed by atoms with Crippen LogP contribution >= 0.6 is 0 Å². The molecule has 0 atom stereocenters. The Kier molecular flexibility index (Phi) is 4.13. The number of rotatable bonds is 4. The Balaban J connectivity index is 1.65. The minimum atomic E-state index is -0.410. The van der Waals surface area contributed by atoms with Crippen LogP contribution in [0.15, 0.2) is 76.4 Å². The molecule has 0 radical (unpaired) electrons. The summed E-state index contributed by atoms with van der Waals surface area (Å²) >= 11 is 0. The lowest BCUT2D eigenvalue weighted by Crippen LogP contribution is -2.40. The number of hydrogen-bond acceptors (Lipinski definition) is 5. The van der Waals surface area contributed by atoms with Crippen molar-refractivity contribution in [1.29, 1.82) is 0 Å². The van der Waals surface area contributed by atoms with Gasteiger partial charge in [-0.3, -0.25) is 13.9 Å². The van der Waals surface area contributed by atoms with E-state index in [-0.39, 0.29) is 24.5 Å². The van der Waals surface area contributed by atoms with Crippen LogP contribution in [0.3, 0.4) is 0 Å². The van der Waals surface area contributed by atoms with Crippen molar-refractivity contribution in [1.82, 2.24) is 14.1 Å². The molecule has 2 aromatic carbocycles. The molecule has 0 unspecified atom stereocenters. The highest BCUT2D eigenvalue weighted by molar-refractivity contribution is 5.73. The molecule has 0 saturated heterocycles. The molecule has 0 N–H and O–H groups in total. The van der Waals surface area contributed by atoms with Crippen molar-refractivity contribution in [3.8, 4) is 11.5 Å². The lowest BCUT2D eigenvalue weighted by atomic mass is 10.2. The van der Waals surface area contributed by atoms with E-state index in [0.29, 0.717) is 23.6 Å². The number of aromatic nitrogens is 3. The van der Waals surface area contributed by atoms with E-state index >= 15 is 0 Å². The Morgan fingerprint density at radius 3 is 2.48 bits per heavy atom. The van der Waals surface area contributed by atoms with Crippen molar-refractivity contribution >= 4 is 11.0 Å². The molecular formula is C22H17N3O4. The first-order valence-electron chi connectivity index (χ1n) is 9.21. The zero-order valence-electron chi connectivity index (χ0n) is 15.4. The lowest BCUT2D eigenvalue weighted by Gasteiger charge is -2.14. The van der Waals surface area contributed by atoms with Crippen LogP contribution < -0.4 is 20.7 Å². The SMILES string of the molecule is O=c1c2ncccc2n(Cc2ccccc2)c(=O)n1Cc1ccc2c(c1)OCO2. The molecule has 7 nitrogen and oxygen atoms in total. The van der Waals surface area contributed by atoms with Crippen LogP contribution in [-0.2, 0) is 13.1 Å². The van der Waals surface area contributed by atoms with Crippen LogP contribution in [0.5, 0.6) is 11.5 Å². The fourth-order valence-electron chi connectivity index (χ4n) is 3.52. The summed E-state index contributed by atoms with van der Waals surface area (Å²) < 4.78 is 13.5. The summed E-state index contributed by atoms with van der Waals surface area (Å²) in [6, 6.07) is 18.5. The number of benzene rings is 2. The van der Waals surface area contributed by atoms with Gasteiger partial charge >= 0.3 is 5.69 Å². The average Bonchev–Trinajstić information content (AvgIpc) is 3.23. The first kappa shape index (κ1) is 17.2. The summed E-state index contributed by atoms with van der Waals surface area (Å²) in [4.78, 5) is 30.6. The van der Waals surface area contributed by atoms with Gasteiger partial charge < -0.3 is 9.47 Å². The van der Waals surface area contributed by atoms with Crippen molar-refractivity contribution < 1.29 is 9.47 Å². The van der Waals surface area contributed by atoms with Gasteiger partial charge in [0.25, 0.3) is 5.56 Å². The van der Waals surface area contributed by atoms with E-state index in [0.717, 1.165) is 11.1 Å². The second kappa shape index (κ2) is 6.94. The zero-order chi connectivity index (χ0) is 19.8. The minimum absolute atomic E-state index is 0.121. The van der Waals surface area contributed by atoms with Gasteiger partial charge in [-0.1, -0.05) is 36.4 Å². The first-order valence-corrected chi connectivity index (χ1v) is 9.21. The van der Waals surface area contributed by atoms with E-state index < -0.39 is 5.56 Å². The Labute approximate surface area is 165 Å². The summed E-state index contributed by atoms with van der Waals surface area (Å²) in [5, 5.41) is 0. The number of pyridine rings is 1. The molecule has 29 heavy (non-hydrogen) atoms. The maximum atomic E-state index is 13.3. The minimum Gasteiger partial charge on any atom is -0.454 e. The van der Waals surface area contributed by atoms with Crippen molar-refractivity contribution in [2.75, 3.05) is 6.79 Å². The summed E-state index contributed by atoms with van der Waals surface area (Å²) in [5.74, 6) is 1.27. The van der Waals surface area contributed by atoms with Gasteiger partial charge in [0.2, 0.25) is 6.79 Å². The highest BCUT2D eigenvalue weighted by Crippen LogP contribution is 2.32. The third-order valence-corrected chi connectivity index (χ3v) is 4.95. The average molecular weight is 387 g/mol. The standard InChI is InChI=1S/C22H17N3O4/c26-21-20-17(7-4-10-23-20)24(12-15-5-2-1-3-6-15)22(27)25(21)13-16-8-9-18-19(11-16)29-14-28-18/h1-11H,12-14H2. The third kappa shape index (κ3) is 3.06. The van der Waals surface area contributed by atoms with Gasteiger partial charge in [-0.25, -0.2) is 9.78 Å². The monoisotopic (exact) mass is 387 g/mol. The molecule has 3 heterocycles. The smallest absolute Gasteiger partial charge is 0.332 e. The van der Waals surface area contributed by atoms with Gasteiger partial charge in [0.05, 0.1) is 18.6 Å². The largest absolute Gasteiger partial charge is 0.454 e. The molecule has 0 saturated carbocycles. The molecule has 0 aliphatic carbocycles. The van der Waals surface area contributed by atoms with Crippen LogP contribution in [0.2, 0.25) is 0 Å². The van der Waals surface area contributed by atoms with E-state index in [9.17, 15) is 9.59 Å². The van der Waals surface area contributed by atoms with E-state index in [1.54, 1.807) is 35.0 Å². The van der Waals surface area contributed by atoms with Crippen molar-refractivity contribution in [2.24, 2.45) is 0 Å². The molecule has 5 rings (SSSR count). The van der Waals surface area contributed by atoms with Crippen molar-refractivity contribution in [3.63, 3.8) is 0 Å². The quantitative estimate of drug-likeness (QED) is 0.537. The maximum Gasteiger partial charge on any atom is 0.332 e. The van der Waals surface area contributed by atoms with Gasteiger partial charge in [0, 0.05) is 6.20 Å². The molecule has 0 spiro atoms. The second-order valence-corrected chi connectivity index (χ2v) is 6.80. The Bertz CT molecular complexity index is 1330. The van der Waals surface area contributed by atoms with E-state index in [1.165, 1.54) is 4.57 Å². The predicted octanol–water partition coefficient (Wildman–Crippen LogP) is 2.38. The zero-order valence-corrected chi connectivity index (χ0v) is 15.4. The number of hydrogen-bond donors (Lipinski definition) is 0. The fourth-order valence-corrected chi connectivity index (χ4v) is 3.52. The van der Waals surface area contributed by atoms with Gasteiger partial charge in [-0.2, -0.15) is 0 Å². The topological polar surface area (TPSA) is 75.4 Å². The molecule has 1 aliphatic heterocycles. The Morgan fingerprint density at radius 2 is 1.62 bits per heavy atom. The third-order valence-electron chi connectivity index (χ3n) is 4.95. The second-order valence-electron chi connectivity index (χ2n) is 6.80. The van der Waals surface area contributed by atoms with Crippen LogP contribution in [0.4, 0.5) is 0 Å². The summed E-state index contributed by atoms with van der Waals surface area (Å²) in [6.45, 7) is 0.640. The Hall–Kier alpha value is -3.87. The first-order chi connectivity index (χ1) is 14.2. The van der Waals surface area contributed by atoms with Crippen LogP contribution in [0, 0.1) is 0 Å². The number of ether oxygens (including phenoxy) is 2. The molecule has 4 aromatic rings.